The molecular formula is C13H14BrNOS. The third kappa shape index (κ3) is 3.64. The number of hydrogen-bond acceptors (Lipinski definition) is 3. The molecule has 0 aliphatic rings. The number of thiophene rings is 1. The van der Waals surface area contributed by atoms with Crippen molar-refractivity contribution in [2.75, 3.05) is 6.61 Å². The average Bonchev–Trinajstić information content (AvgIpc) is 2.78. The van der Waals surface area contributed by atoms with E-state index in [2.05, 4.69) is 38.8 Å². The van der Waals surface area contributed by atoms with Crippen LogP contribution in [-0.2, 0) is 6.54 Å². The molecule has 1 aromatic heterocycles. The Morgan fingerprint density at radius 1 is 1.29 bits per heavy atom. The molecular weight excluding hydrogens is 298 g/mol. The minimum Gasteiger partial charge on any atom is -0.394 e. The number of aliphatic hydroxyl groups excluding tert-OH is 1. The Hall–Kier alpha value is -0.680. The monoisotopic (exact) mass is 311 g/mol. The summed E-state index contributed by atoms with van der Waals surface area (Å²) in [6.45, 7) is 0.871. The van der Waals surface area contributed by atoms with Gasteiger partial charge >= 0.3 is 0 Å². The number of aliphatic hydroxyl groups is 1. The summed E-state index contributed by atoms with van der Waals surface area (Å²) in [5, 5.41) is 14.8. The molecule has 2 nitrogen and oxygen atoms in total. The Morgan fingerprint density at radius 3 is 2.65 bits per heavy atom. The van der Waals surface area contributed by atoms with Gasteiger partial charge in [-0.05, 0) is 38.5 Å². The maximum absolute atomic E-state index is 9.39. The molecule has 0 fully saturated rings. The third-order valence-electron chi connectivity index (χ3n) is 2.57. The average molecular weight is 312 g/mol. The summed E-state index contributed by atoms with van der Waals surface area (Å²) >= 11 is 5.07. The largest absolute Gasteiger partial charge is 0.394 e. The molecule has 0 aliphatic heterocycles. The van der Waals surface area contributed by atoms with E-state index in [1.807, 2.05) is 24.3 Å². The van der Waals surface area contributed by atoms with Gasteiger partial charge in [0.25, 0.3) is 0 Å². The summed E-state index contributed by atoms with van der Waals surface area (Å²) in [5.74, 6) is 0. The molecule has 0 saturated heterocycles. The first kappa shape index (κ1) is 12.8. The van der Waals surface area contributed by atoms with Crippen LogP contribution in [-0.4, -0.2) is 11.7 Å². The van der Waals surface area contributed by atoms with E-state index < -0.39 is 0 Å². The quantitative estimate of drug-likeness (QED) is 0.887. The lowest BCUT2D eigenvalue weighted by Gasteiger charge is -2.15. The highest BCUT2D eigenvalue weighted by atomic mass is 79.9. The highest BCUT2D eigenvalue weighted by Crippen LogP contribution is 2.25. The molecule has 0 bridgehead atoms. The van der Waals surface area contributed by atoms with Gasteiger partial charge in [-0.3, -0.25) is 0 Å². The molecule has 2 rings (SSSR count). The Balaban J connectivity index is 1.97. The zero-order chi connectivity index (χ0) is 12.1. The molecule has 0 radical (unpaired) electrons. The van der Waals surface area contributed by atoms with E-state index in [9.17, 15) is 5.11 Å². The van der Waals surface area contributed by atoms with Crippen molar-refractivity contribution in [1.29, 1.82) is 0 Å². The highest BCUT2D eigenvalue weighted by molar-refractivity contribution is 9.11. The van der Waals surface area contributed by atoms with Crippen molar-refractivity contribution >= 4 is 27.3 Å². The van der Waals surface area contributed by atoms with Crippen LogP contribution < -0.4 is 5.32 Å². The van der Waals surface area contributed by atoms with Gasteiger partial charge in [0.15, 0.2) is 0 Å². The Kier molecular flexibility index (Phi) is 4.74. The molecule has 4 heteroatoms. The number of rotatable bonds is 5. The molecule has 1 unspecified atom stereocenters. The van der Waals surface area contributed by atoms with Crippen LogP contribution in [0.5, 0.6) is 0 Å². The third-order valence-corrected chi connectivity index (χ3v) is 4.09. The van der Waals surface area contributed by atoms with E-state index in [-0.39, 0.29) is 12.6 Å². The predicted molar refractivity (Wildman–Crippen MR) is 75.1 cm³/mol. The fourth-order valence-electron chi connectivity index (χ4n) is 1.63. The topological polar surface area (TPSA) is 32.3 Å². The summed E-state index contributed by atoms with van der Waals surface area (Å²) in [5.41, 5.74) is 2.35. The summed E-state index contributed by atoms with van der Waals surface area (Å²) in [6.07, 6.45) is 0. The van der Waals surface area contributed by atoms with Crippen LogP contribution >= 0.6 is 27.3 Å². The zero-order valence-electron chi connectivity index (χ0n) is 9.27. The Labute approximate surface area is 113 Å². The lowest BCUT2D eigenvalue weighted by Crippen LogP contribution is -2.23. The summed E-state index contributed by atoms with van der Waals surface area (Å²) in [6, 6.07) is 12.2. The normalized spacial score (nSPS) is 12.6. The molecule has 90 valence electrons. The Morgan fingerprint density at radius 2 is 2.06 bits per heavy atom. The minimum absolute atomic E-state index is 0.00208. The van der Waals surface area contributed by atoms with Gasteiger partial charge in [0.1, 0.15) is 0 Å². The first-order valence-electron chi connectivity index (χ1n) is 5.41. The zero-order valence-corrected chi connectivity index (χ0v) is 11.7. The lowest BCUT2D eigenvalue weighted by atomic mass is 10.1. The summed E-state index contributed by atoms with van der Waals surface area (Å²) < 4.78 is 1.09. The van der Waals surface area contributed by atoms with Gasteiger partial charge in [0.2, 0.25) is 0 Å². The second kappa shape index (κ2) is 6.31. The number of hydrogen-bond donors (Lipinski definition) is 2. The van der Waals surface area contributed by atoms with E-state index in [1.165, 1.54) is 5.56 Å². The summed E-state index contributed by atoms with van der Waals surface area (Å²) in [7, 11) is 0. The number of halogens is 1. The first-order chi connectivity index (χ1) is 8.29. The maximum Gasteiger partial charge on any atom is 0.0701 e. The molecule has 0 amide bonds. The van der Waals surface area contributed by atoms with Crippen LogP contribution in [0.4, 0.5) is 0 Å². The fraction of sp³-hybridized carbons (Fsp3) is 0.231. The predicted octanol–water partition coefficient (Wildman–Crippen LogP) is 3.33. The van der Waals surface area contributed by atoms with Crippen molar-refractivity contribution in [3.63, 3.8) is 0 Å². The molecule has 0 saturated carbocycles. The second-order valence-electron chi connectivity index (χ2n) is 3.79. The van der Waals surface area contributed by atoms with Crippen LogP contribution in [0.2, 0.25) is 0 Å². The van der Waals surface area contributed by atoms with E-state index >= 15 is 0 Å². The van der Waals surface area contributed by atoms with Crippen molar-refractivity contribution in [2.45, 2.75) is 12.6 Å². The number of nitrogens with one attached hydrogen (secondary N) is 1. The van der Waals surface area contributed by atoms with Gasteiger partial charge in [0, 0.05) is 6.54 Å². The fourth-order valence-corrected chi connectivity index (χ4v) is 2.86. The Bertz CT molecular complexity index is 457. The van der Waals surface area contributed by atoms with Crippen molar-refractivity contribution < 1.29 is 5.11 Å². The van der Waals surface area contributed by atoms with Crippen molar-refractivity contribution in [3.8, 4) is 0 Å². The minimum atomic E-state index is -0.00208. The summed E-state index contributed by atoms with van der Waals surface area (Å²) in [4.78, 5) is 0. The van der Waals surface area contributed by atoms with Gasteiger partial charge in [-0.25, -0.2) is 0 Å². The molecule has 17 heavy (non-hydrogen) atoms. The van der Waals surface area contributed by atoms with E-state index in [1.54, 1.807) is 11.3 Å². The second-order valence-corrected chi connectivity index (χ2v) is 6.08. The molecule has 0 aliphatic carbocycles. The molecule has 1 aromatic carbocycles. The van der Waals surface area contributed by atoms with Crippen molar-refractivity contribution in [1.82, 2.24) is 5.32 Å². The molecule has 1 heterocycles. The van der Waals surface area contributed by atoms with E-state index in [0.717, 1.165) is 15.9 Å². The van der Waals surface area contributed by atoms with Gasteiger partial charge in [-0.15, -0.1) is 11.3 Å². The van der Waals surface area contributed by atoms with Gasteiger partial charge in [0.05, 0.1) is 16.4 Å². The van der Waals surface area contributed by atoms with Crippen LogP contribution in [0.15, 0.2) is 45.6 Å². The highest BCUT2D eigenvalue weighted by Gasteiger charge is 2.11. The molecule has 1 atom stereocenters. The van der Waals surface area contributed by atoms with Gasteiger partial charge < -0.3 is 10.4 Å². The lowest BCUT2D eigenvalue weighted by molar-refractivity contribution is 0.244. The smallest absolute Gasteiger partial charge is 0.0701 e. The SMILES string of the molecule is OCC(NCc1ccccc1)c1csc(Br)c1. The standard InChI is InChI=1S/C13H14BrNOS/c14-13-6-11(9-17-13)12(8-16)15-7-10-4-2-1-3-5-10/h1-6,9,12,15-16H,7-8H2. The van der Waals surface area contributed by atoms with Gasteiger partial charge in [-0.1, -0.05) is 30.3 Å². The van der Waals surface area contributed by atoms with Gasteiger partial charge in [-0.2, -0.15) is 0 Å². The van der Waals surface area contributed by atoms with Crippen LogP contribution in [0, 0.1) is 0 Å². The van der Waals surface area contributed by atoms with Crippen LogP contribution in [0.1, 0.15) is 17.2 Å². The van der Waals surface area contributed by atoms with Crippen LogP contribution in [0.25, 0.3) is 0 Å². The number of benzene rings is 1. The van der Waals surface area contributed by atoms with E-state index in [0.29, 0.717) is 0 Å². The first-order valence-corrected chi connectivity index (χ1v) is 7.09. The molecule has 0 spiro atoms. The molecule has 2 N–H and O–H groups in total. The van der Waals surface area contributed by atoms with Crippen molar-refractivity contribution in [3.05, 3.63) is 56.7 Å². The maximum atomic E-state index is 9.39. The van der Waals surface area contributed by atoms with Crippen molar-refractivity contribution in [2.24, 2.45) is 0 Å². The van der Waals surface area contributed by atoms with Crippen LogP contribution in [0.3, 0.4) is 0 Å². The van der Waals surface area contributed by atoms with E-state index in [4.69, 9.17) is 0 Å². The molecule has 2 aromatic rings.